The molecule has 5 nitrogen and oxygen atoms in total. The Morgan fingerprint density at radius 1 is 1.25 bits per heavy atom. The lowest BCUT2D eigenvalue weighted by atomic mass is 9.97. The fourth-order valence-corrected chi connectivity index (χ4v) is 4.73. The lowest BCUT2D eigenvalue weighted by molar-refractivity contribution is -0.126. The van der Waals surface area contributed by atoms with E-state index in [9.17, 15) is 13.2 Å². The molecule has 1 aromatic carbocycles. The minimum atomic E-state index is -3.16. The number of nitrogens with one attached hydrogen (secondary N) is 1. The summed E-state index contributed by atoms with van der Waals surface area (Å²) in [6.07, 6.45) is 2.75. The number of carbonyl (C=O) groups excluding carboxylic acids is 1. The smallest absolute Gasteiger partial charge is 0.223 e. The Balaban J connectivity index is 1.79. The number of benzene rings is 1. The molecule has 0 unspecified atom stereocenters. The number of nitrogens with zero attached hydrogens (tertiary/aromatic N) is 1. The first kappa shape index (κ1) is 19.4. The molecule has 0 aliphatic carbocycles. The molecule has 1 amide bonds. The molecule has 134 valence electrons. The van der Waals surface area contributed by atoms with Gasteiger partial charge in [-0.2, -0.15) is 0 Å². The third-order valence-corrected chi connectivity index (χ3v) is 6.84. The Bertz CT molecular complexity index is 638. The van der Waals surface area contributed by atoms with E-state index in [1.165, 1.54) is 0 Å². The molecule has 0 atom stereocenters. The zero-order valence-electron chi connectivity index (χ0n) is 14.0. The van der Waals surface area contributed by atoms with Gasteiger partial charge in [0.15, 0.2) is 0 Å². The number of hydrogen-bond donors (Lipinski definition) is 1. The molecule has 7 heteroatoms. The summed E-state index contributed by atoms with van der Waals surface area (Å²) in [6, 6.07) is 7.82. The highest BCUT2D eigenvalue weighted by Gasteiger charge is 2.30. The molecule has 1 aliphatic heterocycles. The van der Waals surface area contributed by atoms with Crippen molar-refractivity contribution in [3.05, 3.63) is 34.3 Å². The third-order valence-electron chi connectivity index (χ3n) is 4.35. The number of amides is 1. The van der Waals surface area contributed by atoms with Gasteiger partial charge in [-0.1, -0.05) is 41.4 Å². The van der Waals surface area contributed by atoms with Gasteiger partial charge in [-0.15, -0.1) is 0 Å². The van der Waals surface area contributed by atoms with E-state index in [2.05, 4.69) is 21.2 Å². The van der Waals surface area contributed by atoms with Gasteiger partial charge < -0.3 is 5.32 Å². The summed E-state index contributed by atoms with van der Waals surface area (Å²) in [6.45, 7) is 3.38. The molecule has 0 aromatic heterocycles. The van der Waals surface area contributed by atoms with E-state index in [0.29, 0.717) is 38.9 Å². The van der Waals surface area contributed by atoms with Crippen LogP contribution in [-0.2, 0) is 21.4 Å². The minimum absolute atomic E-state index is 0.0172. The molecule has 1 aromatic rings. The quantitative estimate of drug-likeness (QED) is 0.742. The summed E-state index contributed by atoms with van der Waals surface area (Å²) in [5, 5.41) is 2.95. The van der Waals surface area contributed by atoms with Gasteiger partial charge in [0.25, 0.3) is 0 Å². The lowest BCUT2D eigenvalue weighted by Gasteiger charge is -2.30. The number of rotatable bonds is 7. The van der Waals surface area contributed by atoms with Gasteiger partial charge in [-0.25, -0.2) is 12.7 Å². The molecule has 1 N–H and O–H groups in total. The van der Waals surface area contributed by atoms with Crippen LogP contribution in [0.15, 0.2) is 28.7 Å². The van der Waals surface area contributed by atoms with Crippen molar-refractivity contribution in [3.63, 3.8) is 0 Å². The summed E-state index contributed by atoms with van der Waals surface area (Å²) in [7, 11) is -3.16. The fraction of sp³-hybridized carbons (Fsp3) is 0.588. The van der Waals surface area contributed by atoms with Crippen molar-refractivity contribution < 1.29 is 13.2 Å². The van der Waals surface area contributed by atoms with E-state index in [0.717, 1.165) is 16.5 Å². The van der Waals surface area contributed by atoms with Gasteiger partial charge >= 0.3 is 0 Å². The number of unbranched alkanes of at least 4 members (excludes halogenated alkanes) is 1. The average molecular weight is 417 g/mol. The van der Waals surface area contributed by atoms with E-state index in [4.69, 9.17) is 0 Å². The first-order chi connectivity index (χ1) is 11.4. The van der Waals surface area contributed by atoms with E-state index >= 15 is 0 Å². The zero-order chi connectivity index (χ0) is 17.6. The lowest BCUT2D eigenvalue weighted by Crippen LogP contribution is -2.43. The first-order valence-electron chi connectivity index (χ1n) is 8.42. The van der Waals surface area contributed by atoms with Crippen molar-refractivity contribution in [1.82, 2.24) is 9.62 Å². The van der Waals surface area contributed by atoms with Crippen LogP contribution in [0.1, 0.15) is 38.2 Å². The highest BCUT2D eigenvalue weighted by atomic mass is 79.9. The van der Waals surface area contributed by atoms with Crippen LogP contribution < -0.4 is 5.32 Å². The molecule has 0 saturated carbocycles. The van der Waals surface area contributed by atoms with Crippen LogP contribution in [0, 0.1) is 5.92 Å². The molecule has 24 heavy (non-hydrogen) atoms. The monoisotopic (exact) mass is 416 g/mol. The van der Waals surface area contributed by atoms with Crippen molar-refractivity contribution in [2.45, 2.75) is 39.2 Å². The Hall–Kier alpha value is -0.920. The largest absolute Gasteiger partial charge is 0.352 e. The zero-order valence-corrected chi connectivity index (χ0v) is 16.4. The summed E-state index contributed by atoms with van der Waals surface area (Å²) < 4.78 is 26.9. The molecule has 1 heterocycles. The normalized spacial score (nSPS) is 16.9. The number of sulfonamides is 1. The molecule has 1 aliphatic rings. The van der Waals surface area contributed by atoms with Crippen LogP contribution in [0.4, 0.5) is 0 Å². The standard InChI is InChI=1S/C17H25BrN2O3S/c1-2-3-12-24(22,23)20-10-8-15(9-11-20)17(21)19-13-14-4-6-16(18)7-5-14/h4-7,15H,2-3,8-13H2,1H3,(H,19,21). The molecule has 1 saturated heterocycles. The topological polar surface area (TPSA) is 66.5 Å². The maximum absolute atomic E-state index is 12.3. The van der Waals surface area contributed by atoms with Crippen LogP contribution in [0.2, 0.25) is 0 Å². The maximum atomic E-state index is 12.3. The van der Waals surface area contributed by atoms with Gasteiger partial charge in [0.1, 0.15) is 0 Å². The number of halogens is 1. The summed E-state index contributed by atoms with van der Waals surface area (Å²) in [4.78, 5) is 12.3. The number of carbonyl (C=O) groups is 1. The fourth-order valence-electron chi connectivity index (χ4n) is 2.79. The Morgan fingerprint density at radius 2 is 1.88 bits per heavy atom. The van der Waals surface area contributed by atoms with Crippen LogP contribution >= 0.6 is 15.9 Å². The molecule has 1 fully saturated rings. The summed E-state index contributed by atoms with van der Waals surface area (Å²) in [5.74, 6) is 0.130. The predicted molar refractivity (Wildman–Crippen MR) is 99.0 cm³/mol. The van der Waals surface area contributed by atoms with Crippen LogP contribution in [0.25, 0.3) is 0 Å². The van der Waals surface area contributed by atoms with Gasteiger partial charge in [-0.3, -0.25) is 4.79 Å². The second-order valence-corrected chi connectivity index (χ2v) is 9.19. The van der Waals surface area contributed by atoms with Crippen molar-refractivity contribution >= 4 is 31.9 Å². The van der Waals surface area contributed by atoms with Crippen LogP contribution in [0.3, 0.4) is 0 Å². The molecular formula is C17H25BrN2O3S. The first-order valence-corrected chi connectivity index (χ1v) is 10.8. The average Bonchev–Trinajstić information content (AvgIpc) is 2.59. The molecular weight excluding hydrogens is 392 g/mol. The van der Waals surface area contributed by atoms with Crippen LogP contribution in [-0.4, -0.2) is 37.5 Å². The van der Waals surface area contributed by atoms with Gasteiger partial charge in [0, 0.05) is 30.0 Å². The Kier molecular flexibility index (Phi) is 7.25. The van der Waals surface area contributed by atoms with Crippen molar-refractivity contribution in [2.24, 2.45) is 5.92 Å². The summed E-state index contributed by atoms with van der Waals surface area (Å²) >= 11 is 3.38. The number of hydrogen-bond acceptors (Lipinski definition) is 3. The SMILES string of the molecule is CCCCS(=O)(=O)N1CCC(C(=O)NCc2ccc(Br)cc2)CC1. The van der Waals surface area contributed by atoms with E-state index < -0.39 is 10.0 Å². The minimum Gasteiger partial charge on any atom is -0.352 e. The van der Waals surface area contributed by atoms with E-state index in [1.54, 1.807) is 4.31 Å². The van der Waals surface area contributed by atoms with E-state index in [1.807, 2.05) is 31.2 Å². The predicted octanol–water partition coefficient (Wildman–Crippen LogP) is 2.91. The van der Waals surface area contributed by atoms with Gasteiger partial charge in [-0.05, 0) is 37.0 Å². The second kappa shape index (κ2) is 8.97. The molecule has 0 radical (unpaired) electrons. The van der Waals surface area contributed by atoms with Crippen LogP contribution in [0.5, 0.6) is 0 Å². The van der Waals surface area contributed by atoms with Crippen molar-refractivity contribution in [1.29, 1.82) is 0 Å². The third kappa shape index (κ3) is 5.57. The summed E-state index contributed by atoms with van der Waals surface area (Å²) in [5.41, 5.74) is 1.05. The van der Waals surface area contributed by atoms with Gasteiger partial charge in [0.2, 0.25) is 15.9 Å². The van der Waals surface area contributed by atoms with Crippen molar-refractivity contribution in [2.75, 3.05) is 18.8 Å². The van der Waals surface area contributed by atoms with Crippen molar-refractivity contribution in [3.8, 4) is 0 Å². The Morgan fingerprint density at radius 3 is 2.46 bits per heavy atom. The van der Waals surface area contributed by atoms with E-state index in [-0.39, 0.29) is 17.6 Å². The molecule has 0 spiro atoms. The highest BCUT2D eigenvalue weighted by Crippen LogP contribution is 2.21. The molecule has 0 bridgehead atoms. The highest BCUT2D eigenvalue weighted by molar-refractivity contribution is 9.10. The second-order valence-electron chi connectivity index (χ2n) is 6.19. The Labute approximate surface area is 153 Å². The maximum Gasteiger partial charge on any atom is 0.223 e. The number of piperidine rings is 1. The van der Waals surface area contributed by atoms with Gasteiger partial charge in [0.05, 0.1) is 5.75 Å². The molecule has 2 rings (SSSR count).